The Morgan fingerprint density at radius 3 is 2.33 bits per heavy atom. The summed E-state index contributed by atoms with van der Waals surface area (Å²) in [6, 6.07) is 22.8. The quantitative estimate of drug-likeness (QED) is 0.388. The van der Waals surface area contributed by atoms with Gasteiger partial charge in [0, 0.05) is 30.4 Å². The Morgan fingerprint density at radius 1 is 0.917 bits per heavy atom. The van der Waals surface area contributed by atoms with E-state index in [1.54, 1.807) is 4.90 Å². The predicted molar refractivity (Wildman–Crippen MR) is 143 cm³/mol. The minimum Gasteiger partial charge on any atom is -0.486 e. The van der Waals surface area contributed by atoms with Crippen LogP contribution in [0.15, 0.2) is 77.3 Å². The normalized spacial score (nSPS) is 13.1. The van der Waals surface area contributed by atoms with E-state index in [0.717, 1.165) is 26.9 Å². The molecule has 4 rings (SSSR count). The summed E-state index contributed by atoms with van der Waals surface area (Å²) in [7, 11) is 0. The molecule has 36 heavy (non-hydrogen) atoms. The van der Waals surface area contributed by atoms with Crippen molar-refractivity contribution in [3.05, 3.63) is 94.0 Å². The molecule has 0 radical (unpaired) electrons. The van der Waals surface area contributed by atoms with E-state index in [-0.39, 0.29) is 18.2 Å². The Labute approximate surface area is 220 Å². The Morgan fingerprint density at radius 2 is 1.61 bits per heavy atom. The van der Waals surface area contributed by atoms with Crippen LogP contribution >= 0.6 is 15.9 Å². The SMILES string of the molecule is CCNC(=O)[C@H](Cc1ccccc1)N(Cc1ccc(Br)cc1)C(=O)CCc1ccc2c(c1)OCCO2. The van der Waals surface area contributed by atoms with Crippen molar-refractivity contribution < 1.29 is 19.1 Å². The summed E-state index contributed by atoms with van der Waals surface area (Å²) in [6.07, 6.45) is 1.26. The average molecular weight is 551 g/mol. The number of hydrogen-bond acceptors (Lipinski definition) is 4. The summed E-state index contributed by atoms with van der Waals surface area (Å²) in [5.41, 5.74) is 2.97. The summed E-state index contributed by atoms with van der Waals surface area (Å²) in [5, 5.41) is 2.93. The van der Waals surface area contributed by atoms with Gasteiger partial charge in [0.2, 0.25) is 11.8 Å². The van der Waals surface area contributed by atoms with E-state index >= 15 is 0 Å². The fraction of sp³-hybridized carbons (Fsp3) is 0.310. The van der Waals surface area contributed by atoms with Gasteiger partial charge in [-0.05, 0) is 54.3 Å². The molecular weight excluding hydrogens is 520 g/mol. The lowest BCUT2D eigenvalue weighted by atomic mass is 10.0. The standard InChI is InChI=1S/C29H31BrN2O4/c1-2-31-29(34)25(18-21-6-4-3-5-7-21)32(20-23-8-12-24(30)13-9-23)28(33)15-11-22-10-14-26-27(19-22)36-17-16-35-26/h3-10,12-14,19,25H,2,11,15-18,20H2,1H3,(H,31,34)/t25-/m0/s1. The van der Waals surface area contributed by atoms with E-state index in [2.05, 4.69) is 21.2 Å². The van der Waals surface area contributed by atoms with Crippen LogP contribution in [-0.2, 0) is 29.0 Å². The van der Waals surface area contributed by atoms with Gasteiger partial charge in [0.1, 0.15) is 19.3 Å². The van der Waals surface area contributed by atoms with Crippen LogP contribution in [0.25, 0.3) is 0 Å². The smallest absolute Gasteiger partial charge is 0.243 e. The number of hydrogen-bond donors (Lipinski definition) is 1. The highest BCUT2D eigenvalue weighted by molar-refractivity contribution is 9.10. The van der Waals surface area contributed by atoms with Crippen LogP contribution in [0.1, 0.15) is 30.0 Å². The summed E-state index contributed by atoms with van der Waals surface area (Å²) < 4.78 is 12.3. The molecular formula is C29H31BrN2O4. The topological polar surface area (TPSA) is 67.9 Å². The van der Waals surface area contributed by atoms with E-state index in [1.807, 2.05) is 79.7 Å². The van der Waals surface area contributed by atoms with E-state index in [1.165, 1.54) is 0 Å². The third-order valence-electron chi connectivity index (χ3n) is 6.12. The molecule has 0 saturated carbocycles. The van der Waals surface area contributed by atoms with Crippen LogP contribution in [0.2, 0.25) is 0 Å². The van der Waals surface area contributed by atoms with Crippen molar-refractivity contribution in [1.82, 2.24) is 10.2 Å². The monoisotopic (exact) mass is 550 g/mol. The Balaban J connectivity index is 1.57. The van der Waals surface area contributed by atoms with Crippen molar-refractivity contribution in [2.24, 2.45) is 0 Å². The predicted octanol–water partition coefficient (Wildman–Crippen LogP) is 4.93. The molecule has 7 heteroatoms. The lowest BCUT2D eigenvalue weighted by Crippen LogP contribution is -2.50. The molecule has 0 aromatic heterocycles. The third-order valence-corrected chi connectivity index (χ3v) is 6.65. The number of aryl methyl sites for hydroxylation is 1. The summed E-state index contributed by atoms with van der Waals surface area (Å²) in [4.78, 5) is 28.6. The van der Waals surface area contributed by atoms with Gasteiger partial charge in [-0.2, -0.15) is 0 Å². The molecule has 0 unspecified atom stereocenters. The summed E-state index contributed by atoms with van der Waals surface area (Å²) in [6.45, 7) is 3.80. The van der Waals surface area contributed by atoms with E-state index in [9.17, 15) is 9.59 Å². The third kappa shape index (κ3) is 6.88. The lowest BCUT2D eigenvalue weighted by molar-refractivity contribution is -0.141. The minimum absolute atomic E-state index is 0.0695. The van der Waals surface area contributed by atoms with Crippen molar-refractivity contribution in [1.29, 1.82) is 0 Å². The zero-order chi connectivity index (χ0) is 25.3. The van der Waals surface area contributed by atoms with Crippen molar-refractivity contribution in [3.8, 4) is 11.5 Å². The zero-order valence-electron chi connectivity index (χ0n) is 20.4. The number of carbonyl (C=O) groups excluding carboxylic acids is 2. The number of carbonyl (C=O) groups is 2. The second kappa shape index (κ2) is 12.6. The first-order chi connectivity index (χ1) is 17.5. The number of rotatable bonds is 10. The van der Waals surface area contributed by atoms with Crippen molar-refractivity contribution >= 4 is 27.7 Å². The van der Waals surface area contributed by atoms with Gasteiger partial charge in [0.15, 0.2) is 11.5 Å². The first-order valence-corrected chi connectivity index (χ1v) is 13.1. The number of fused-ring (bicyclic) bond motifs is 1. The molecule has 0 bridgehead atoms. The molecule has 1 atom stereocenters. The maximum absolute atomic E-state index is 13.7. The van der Waals surface area contributed by atoms with Crippen molar-refractivity contribution in [3.63, 3.8) is 0 Å². The van der Waals surface area contributed by atoms with E-state index in [0.29, 0.717) is 44.9 Å². The van der Waals surface area contributed by atoms with Gasteiger partial charge in [-0.15, -0.1) is 0 Å². The second-order valence-corrected chi connectivity index (χ2v) is 9.64. The molecule has 3 aromatic carbocycles. The molecule has 0 saturated heterocycles. The van der Waals surface area contributed by atoms with E-state index < -0.39 is 6.04 Å². The largest absolute Gasteiger partial charge is 0.486 e. The molecule has 1 aliphatic rings. The van der Waals surface area contributed by atoms with Gasteiger partial charge >= 0.3 is 0 Å². The van der Waals surface area contributed by atoms with Crippen LogP contribution in [0.5, 0.6) is 11.5 Å². The average Bonchev–Trinajstić information content (AvgIpc) is 2.91. The van der Waals surface area contributed by atoms with E-state index in [4.69, 9.17) is 9.47 Å². The number of nitrogens with zero attached hydrogens (tertiary/aromatic N) is 1. The van der Waals surface area contributed by atoms with Crippen LogP contribution in [0.3, 0.4) is 0 Å². The van der Waals surface area contributed by atoms with Crippen LogP contribution < -0.4 is 14.8 Å². The number of likely N-dealkylation sites (N-methyl/N-ethyl adjacent to an activating group) is 1. The maximum Gasteiger partial charge on any atom is 0.243 e. The van der Waals surface area contributed by atoms with Gasteiger partial charge in [0.25, 0.3) is 0 Å². The molecule has 6 nitrogen and oxygen atoms in total. The zero-order valence-corrected chi connectivity index (χ0v) is 22.0. The summed E-state index contributed by atoms with van der Waals surface area (Å²) in [5.74, 6) is 1.22. The van der Waals surface area contributed by atoms with Gasteiger partial charge in [0.05, 0.1) is 0 Å². The number of benzene rings is 3. The molecule has 188 valence electrons. The van der Waals surface area contributed by atoms with Crippen molar-refractivity contribution in [2.75, 3.05) is 19.8 Å². The van der Waals surface area contributed by atoms with Gasteiger partial charge in [-0.1, -0.05) is 64.5 Å². The maximum atomic E-state index is 13.7. The molecule has 0 spiro atoms. The highest BCUT2D eigenvalue weighted by Crippen LogP contribution is 2.31. The van der Waals surface area contributed by atoms with Crippen LogP contribution in [0.4, 0.5) is 0 Å². The highest BCUT2D eigenvalue weighted by atomic mass is 79.9. The number of amides is 2. The molecule has 1 heterocycles. The second-order valence-electron chi connectivity index (χ2n) is 8.73. The van der Waals surface area contributed by atoms with Gasteiger partial charge in [-0.3, -0.25) is 9.59 Å². The van der Waals surface area contributed by atoms with Gasteiger partial charge < -0.3 is 19.7 Å². The lowest BCUT2D eigenvalue weighted by Gasteiger charge is -2.31. The highest BCUT2D eigenvalue weighted by Gasteiger charge is 2.30. The van der Waals surface area contributed by atoms with Crippen LogP contribution in [-0.4, -0.2) is 42.5 Å². The Kier molecular flexibility index (Phi) is 9.01. The number of ether oxygens (including phenoxy) is 2. The first-order valence-electron chi connectivity index (χ1n) is 12.3. The Bertz CT molecular complexity index is 1170. The minimum atomic E-state index is -0.622. The summed E-state index contributed by atoms with van der Waals surface area (Å²) >= 11 is 3.47. The molecule has 3 aromatic rings. The fourth-order valence-corrected chi connectivity index (χ4v) is 4.54. The van der Waals surface area contributed by atoms with Crippen molar-refractivity contribution in [2.45, 2.75) is 38.8 Å². The molecule has 1 aliphatic heterocycles. The molecule has 1 N–H and O–H groups in total. The first kappa shape index (κ1) is 25.8. The fourth-order valence-electron chi connectivity index (χ4n) is 4.27. The number of nitrogens with one attached hydrogen (secondary N) is 1. The number of halogens is 1. The molecule has 0 fully saturated rings. The molecule has 0 aliphatic carbocycles. The Hall–Kier alpha value is -3.32. The van der Waals surface area contributed by atoms with Crippen LogP contribution in [0, 0.1) is 0 Å². The molecule has 2 amide bonds. The van der Waals surface area contributed by atoms with Gasteiger partial charge in [-0.25, -0.2) is 0 Å².